The van der Waals surface area contributed by atoms with Gasteiger partial charge < -0.3 is 15.3 Å². The SMILES string of the molecule is C=C(C(=O)O)C(CCN(CC)CC)NC(C)=O. The van der Waals surface area contributed by atoms with Gasteiger partial charge in [-0.1, -0.05) is 20.4 Å². The minimum atomic E-state index is -1.07. The van der Waals surface area contributed by atoms with Crippen LogP contribution in [0.4, 0.5) is 0 Å². The highest BCUT2D eigenvalue weighted by molar-refractivity contribution is 5.88. The van der Waals surface area contributed by atoms with E-state index in [0.29, 0.717) is 6.42 Å². The van der Waals surface area contributed by atoms with Gasteiger partial charge >= 0.3 is 5.97 Å². The van der Waals surface area contributed by atoms with Crippen molar-refractivity contribution in [3.63, 3.8) is 0 Å². The quantitative estimate of drug-likeness (QED) is 0.619. The summed E-state index contributed by atoms with van der Waals surface area (Å²) >= 11 is 0. The molecule has 0 saturated carbocycles. The lowest BCUT2D eigenvalue weighted by Gasteiger charge is -2.23. The highest BCUT2D eigenvalue weighted by Crippen LogP contribution is 2.06. The Balaban J connectivity index is 4.43. The summed E-state index contributed by atoms with van der Waals surface area (Å²) < 4.78 is 0. The predicted octanol–water partition coefficient (Wildman–Crippen LogP) is 0.864. The molecule has 1 amide bonds. The van der Waals surface area contributed by atoms with Gasteiger partial charge in [0.25, 0.3) is 0 Å². The maximum atomic E-state index is 11.0. The van der Waals surface area contributed by atoms with E-state index in [1.165, 1.54) is 6.92 Å². The molecule has 0 aromatic rings. The summed E-state index contributed by atoms with van der Waals surface area (Å²) in [6, 6.07) is -0.495. The van der Waals surface area contributed by atoms with Crippen LogP contribution in [0, 0.1) is 0 Å². The van der Waals surface area contributed by atoms with Crippen LogP contribution in [0.2, 0.25) is 0 Å². The third-order valence-corrected chi connectivity index (χ3v) is 2.70. The van der Waals surface area contributed by atoms with Gasteiger partial charge in [-0.05, 0) is 19.5 Å². The first-order valence-corrected chi connectivity index (χ1v) is 5.83. The van der Waals surface area contributed by atoms with Gasteiger partial charge in [-0.25, -0.2) is 4.79 Å². The van der Waals surface area contributed by atoms with Crippen LogP contribution in [0.15, 0.2) is 12.2 Å². The predicted molar refractivity (Wildman–Crippen MR) is 66.8 cm³/mol. The van der Waals surface area contributed by atoms with Crippen LogP contribution < -0.4 is 5.32 Å². The van der Waals surface area contributed by atoms with Crippen molar-refractivity contribution < 1.29 is 14.7 Å². The van der Waals surface area contributed by atoms with E-state index in [4.69, 9.17) is 5.11 Å². The summed E-state index contributed by atoms with van der Waals surface area (Å²) in [5.74, 6) is -1.31. The van der Waals surface area contributed by atoms with Gasteiger partial charge in [-0.3, -0.25) is 4.79 Å². The molecule has 1 atom stereocenters. The number of amides is 1. The lowest BCUT2D eigenvalue weighted by Crippen LogP contribution is -2.39. The Labute approximate surface area is 102 Å². The summed E-state index contributed by atoms with van der Waals surface area (Å²) in [5.41, 5.74) is 0.0346. The second-order valence-electron chi connectivity index (χ2n) is 3.90. The van der Waals surface area contributed by atoms with Gasteiger partial charge in [0.05, 0.1) is 11.6 Å². The first-order valence-electron chi connectivity index (χ1n) is 5.83. The smallest absolute Gasteiger partial charge is 0.333 e. The lowest BCUT2D eigenvalue weighted by molar-refractivity contribution is -0.133. The van der Waals surface area contributed by atoms with Crippen molar-refractivity contribution in [2.45, 2.75) is 33.2 Å². The average Bonchev–Trinajstić information content (AvgIpc) is 2.27. The lowest BCUT2D eigenvalue weighted by atomic mass is 10.1. The van der Waals surface area contributed by atoms with Crippen LogP contribution in [-0.2, 0) is 9.59 Å². The molecule has 17 heavy (non-hydrogen) atoms. The molecule has 0 aliphatic rings. The molecule has 0 aliphatic heterocycles. The van der Waals surface area contributed by atoms with E-state index >= 15 is 0 Å². The van der Waals surface area contributed by atoms with Crippen molar-refractivity contribution in [2.75, 3.05) is 19.6 Å². The number of nitrogens with one attached hydrogen (secondary N) is 1. The number of carbonyl (C=O) groups excluding carboxylic acids is 1. The summed E-state index contributed by atoms with van der Waals surface area (Å²) in [5, 5.41) is 11.5. The topological polar surface area (TPSA) is 69.6 Å². The Hall–Kier alpha value is -1.36. The fraction of sp³-hybridized carbons (Fsp3) is 0.667. The van der Waals surface area contributed by atoms with Crippen LogP contribution in [0.5, 0.6) is 0 Å². The van der Waals surface area contributed by atoms with Gasteiger partial charge in [0.1, 0.15) is 0 Å². The normalized spacial score (nSPS) is 12.2. The molecule has 0 aromatic carbocycles. The highest BCUT2D eigenvalue weighted by atomic mass is 16.4. The monoisotopic (exact) mass is 242 g/mol. The second kappa shape index (κ2) is 7.84. The minimum Gasteiger partial charge on any atom is -0.478 e. The molecule has 1 unspecified atom stereocenters. The molecule has 5 nitrogen and oxygen atoms in total. The van der Waals surface area contributed by atoms with Crippen LogP contribution in [0.1, 0.15) is 27.2 Å². The van der Waals surface area contributed by atoms with E-state index in [1.54, 1.807) is 0 Å². The summed E-state index contributed by atoms with van der Waals surface area (Å²) in [6.07, 6.45) is 0.562. The number of nitrogens with zero attached hydrogens (tertiary/aromatic N) is 1. The zero-order chi connectivity index (χ0) is 13.4. The van der Waals surface area contributed by atoms with E-state index in [1.807, 2.05) is 13.8 Å². The Morgan fingerprint density at radius 3 is 2.24 bits per heavy atom. The molecule has 2 N–H and O–H groups in total. The summed E-state index contributed by atoms with van der Waals surface area (Å²) in [4.78, 5) is 24.0. The van der Waals surface area contributed by atoms with E-state index in [9.17, 15) is 9.59 Å². The van der Waals surface area contributed by atoms with Crippen molar-refractivity contribution in [3.8, 4) is 0 Å². The van der Waals surface area contributed by atoms with Crippen LogP contribution >= 0.6 is 0 Å². The standard InChI is InChI=1S/C12H22N2O3/c1-5-14(6-2)8-7-11(13-10(4)15)9(3)12(16)17/h11H,3,5-8H2,1-2,4H3,(H,13,15)(H,16,17). The third kappa shape index (κ3) is 6.06. The third-order valence-electron chi connectivity index (χ3n) is 2.70. The molecule has 0 bridgehead atoms. The first-order chi connectivity index (χ1) is 7.92. The molecular formula is C12H22N2O3. The maximum absolute atomic E-state index is 11.0. The summed E-state index contributed by atoms with van der Waals surface area (Å²) in [7, 11) is 0. The molecule has 0 fully saturated rings. The van der Waals surface area contributed by atoms with E-state index in [2.05, 4.69) is 16.8 Å². The number of carboxylic acid groups (broad SMARTS) is 1. The van der Waals surface area contributed by atoms with E-state index in [0.717, 1.165) is 19.6 Å². The first kappa shape index (κ1) is 15.6. The molecule has 0 aromatic heterocycles. The second-order valence-corrected chi connectivity index (χ2v) is 3.90. The zero-order valence-corrected chi connectivity index (χ0v) is 10.8. The van der Waals surface area contributed by atoms with E-state index < -0.39 is 12.0 Å². The van der Waals surface area contributed by atoms with Gasteiger partial charge in [0, 0.05) is 13.5 Å². The number of carbonyl (C=O) groups is 2. The molecular weight excluding hydrogens is 220 g/mol. The molecule has 98 valence electrons. The molecule has 0 rings (SSSR count). The number of aliphatic carboxylic acids is 1. The largest absolute Gasteiger partial charge is 0.478 e. The van der Waals surface area contributed by atoms with Crippen molar-refractivity contribution in [1.82, 2.24) is 10.2 Å². The van der Waals surface area contributed by atoms with Crippen molar-refractivity contribution in [1.29, 1.82) is 0 Å². The fourth-order valence-electron chi connectivity index (χ4n) is 1.58. The molecule has 0 spiro atoms. The Morgan fingerprint density at radius 1 is 1.35 bits per heavy atom. The number of hydrogen-bond acceptors (Lipinski definition) is 3. The van der Waals surface area contributed by atoms with Gasteiger partial charge in [0.2, 0.25) is 5.91 Å². The number of hydrogen-bond donors (Lipinski definition) is 2. The number of carboxylic acids is 1. The van der Waals surface area contributed by atoms with E-state index in [-0.39, 0.29) is 11.5 Å². The Bertz CT molecular complexity index is 285. The van der Waals surface area contributed by atoms with Gasteiger partial charge in [-0.15, -0.1) is 0 Å². The summed E-state index contributed by atoms with van der Waals surface area (Å²) in [6.45, 7) is 11.5. The Kier molecular flexibility index (Phi) is 7.21. The van der Waals surface area contributed by atoms with Gasteiger partial charge in [-0.2, -0.15) is 0 Å². The van der Waals surface area contributed by atoms with Crippen molar-refractivity contribution in [3.05, 3.63) is 12.2 Å². The zero-order valence-electron chi connectivity index (χ0n) is 10.8. The molecule has 0 heterocycles. The highest BCUT2D eigenvalue weighted by Gasteiger charge is 2.19. The fourth-order valence-corrected chi connectivity index (χ4v) is 1.58. The molecule has 5 heteroatoms. The minimum absolute atomic E-state index is 0.0346. The Morgan fingerprint density at radius 2 is 1.88 bits per heavy atom. The van der Waals surface area contributed by atoms with Gasteiger partial charge in [0.15, 0.2) is 0 Å². The van der Waals surface area contributed by atoms with Crippen LogP contribution in [0.25, 0.3) is 0 Å². The average molecular weight is 242 g/mol. The van der Waals surface area contributed by atoms with Crippen molar-refractivity contribution >= 4 is 11.9 Å². The molecule has 0 aliphatic carbocycles. The van der Waals surface area contributed by atoms with Crippen molar-refractivity contribution in [2.24, 2.45) is 0 Å². The molecule has 0 radical (unpaired) electrons. The van der Waals surface area contributed by atoms with Crippen LogP contribution in [0.3, 0.4) is 0 Å². The van der Waals surface area contributed by atoms with Crippen LogP contribution in [-0.4, -0.2) is 47.6 Å². The molecule has 0 saturated heterocycles. The maximum Gasteiger partial charge on any atom is 0.333 e. The number of rotatable bonds is 8.